The SMILES string of the molecule is Cc1c(C)n(Cc2ccco2)c2ncnc(SCC(=O)c3ccc(Cl)cc3)c12. The van der Waals surface area contributed by atoms with E-state index in [0.29, 0.717) is 22.9 Å². The molecule has 3 heterocycles. The van der Waals surface area contributed by atoms with E-state index in [1.54, 1.807) is 36.9 Å². The second-order valence-corrected chi connectivity index (χ2v) is 7.87. The van der Waals surface area contributed by atoms with Gasteiger partial charge < -0.3 is 8.98 Å². The maximum atomic E-state index is 12.5. The molecule has 0 saturated heterocycles. The predicted molar refractivity (Wildman–Crippen MR) is 111 cm³/mol. The van der Waals surface area contributed by atoms with E-state index < -0.39 is 0 Å². The van der Waals surface area contributed by atoms with Gasteiger partial charge in [0.2, 0.25) is 0 Å². The maximum Gasteiger partial charge on any atom is 0.173 e. The van der Waals surface area contributed by atoms with Crippen LogP contribution in [0.2, 0.25) is 5.02 Å². The van der Waals surface area contributed by atoms with Crippen molar-refractivity contribution in [1.29, 1.82) is 0 Å². The van der Waals surface area contributed by atoms with Gasteiger partial charge in [0.05, 0.1) is 23.9 Å². The van der Waals surface area contributed by atoms with E-state index in [2.05, 4.69) is 28.4 Å². The van der Waals surface area contributed by atoms with Crippen molar-refractivity contribution in [3.05, 3.63) is 76.6 Å². The summed E-state index contributed by atoms with van der Waals surface area (Å²) in [7, 11) is 0. The van der Waals surface area contributed by atoms with Gasteiger partial charge in [0.25, 0.3) is 0 Å². The third-order valence-electron chi connectivity index (χ3n) is 4.77. The van der Waals surface area contributed by atoms with Crippen molar-refractivity contribution in [2.24, 2.45) is 0 Å². The zero-order valence-electron chi connectivity index (χ0n) is 15.5. The number of ketones is 1. The Morgan fingerprint density at radius 2 is 1.96 bits per heavy atom. The minimum absolute atomic E-state index is 0.0397. The minimum Gasteiger partial charge on any atom is -0.467 e. The van der Waals surface area contributed by atoms with Crippen molar-refractivity contribution in [3.63, 3.8) is 0 Å². The van der Waals surface area contributed by atoms with Gasteiger partial charge in [-0.2, -0.15) is 0 Å². The van der Waals surface area contributed by atoms with Crippen LogP contribution in [-0.2, 0) is 6.54 Å². The summed E-state index contributed by atoms with van der Waals surface area (Å²) in [5.41, 5.74) is 3.72. The fraction of sp³-hybridized carbons (Fsp3) is 0.190. The second-order valence-electron chi connectivity index (χ2n) is 6.47. The number of fused-ring (bicyclic) bond motifs is 1. The molecular formula is C21H18ClN3O2S. The number of hydrogen-bond donors (Lipinski definition) is 0. The van der Waals surface area contributed by atoms with Gasteiger partial charge in [-0.1, -0.05) is 23.4 Å². The Kier molecular flexibility index (Phi) is 5.24. The predicted octanol–water partition coefficient (Wildman–Crippen LogP) is 5.32. The molecule has 0 aliphatic heterocycles. The van der Waals surface area contributed by atoms with Crippen molar-refractivity contribution in [2.75, 3.05) is 5.75 Å². The molecule has 3 aromatic heterocycles. The Balaban J connectivity index is 1.63. The normalized spacial score (nSPS) is 11.2. The molecule has 0 atom stereocenters. The molecule has 5 nitrogen and oxygen atoms in total. The molecule has 0 aliphatic rings. The molecule has 4 rings (SSSR count). The lowest BCUT2D eigenvalue weighted by atomic mass is 10.1. The first-order valence-electron chi connectivity index (χ1n) is 8.79. The van der Waals surface area contributed by atoms with Gasteiger partial charge in [-0.25, -0.2) is 9.97 Å². The molecule has 0 bridgehead atoms. The molecule has 7 heteroatoms. The number of thioether (sulfide) groups is 1. The monoisotopic (exact) mass is 411 g/mol. The standard InChI is InChI=1S/C21H18ClN3O2S/c1-13-14(2)25(10-17-4-3-9-27-17)20-19(13)21(24-12-23-20)28-11-18(26)15-5-7-16(22)8-6-15/h3-9,12H,10-11H2,1-2H3. The van der Waals surface area contributed by atoms with Crippen molar-refractivity contribution >= 4 is 40.2 Å². The first kappa shape index (κ1) is 18.8. The molecule has 1 aromatic carbocycles. The van der Waals surface area contributed by atoms with Gasteiger partial charge in [0.15, 0.2) is 5.78 Å². The van der Waals surface area contributed by atoms with E-state index in [0.717, 1.165) is 33.1 Å². The molecule has 0 fully saturated rings. The smallest absolute Gasteiger partial charge is 0.173 e. The van der Waals surface area contributed by atoms with Gasteiger partial charge in [0, 0.05) is 16.3 Å². The number of carbonyl (C=O) groups is 1. The van der Waals surface area contributed by atoms with E-state index in [-0.39, 0.29) is 5.78 Å². The molecule has 4 aromatic rings. The third-order valence-corrected chi connectivity index (χ3v) is 6.01. The summed E-state index contributed by atoms with van der Waals surface area (Å²) in [6.07, 6.45) is 3.22. The van der Waals surface area contributed by atoms with E-state index in [4.69, 9.17) is 16.0 Å². The molecular weight excluding hydrogens is 394 g/mol. The molecule has 0 N–H and O–H groups in total. The van der Waals surface area contributed by atoms with Crippen molar-refractivity contribution in [1.82, 2.24) is 14.5 Å². The van der Waals surface area contributed by atoms with Crippen LogP contribution in [0.25, 0.3) is 11.0 Å². The number of nitrogens with zero attached hydrogens (tertiary/aromatic N) is 3. The Morgan fingerprint density at radius 1 is 1.18 bits per heavy atom. The summed E-state index contributed by atoms with van der Waals surface area (Å²) < 4.78 is 7.61. The third kappa shape index (κ3) is 3.57. The molecule has 0 saturated carbocycles. The Labute approximate surface area is 171 Å². The highest BCUT2D eigenvalue weighted by atomic mass is 35.5. The van der Waals surface area contributed by atoms with Crippen LogP contribution < -0.4 is 0 Å². The zero-order valence-corrected chi connectivity index (χ0v) is 17.0. The quantitative estimate of drug-likeness (QED) is 0.244. The van der Waals surface area contributed by atoms with Gasteiger partial charge in [-0.3, -0.25) is 4.79 Å². The molecule has 0 unspecified atom stereocenters. The highest BCUT2D eigenvalue weighted by Gasteiger charge is 2.18. The summed E-state index contributed by atoms with van der Waals surface area (Å²) in [6, 6.07) is 10.8. The van der Waals surface area contributed by atoms with E-state index in [1.807, 2.05) is 12.1 Å². The second kappa shape index (κ2) is 7.81. The van der Waals surface area contributed by atoms with E-state index >= 15 is 0 Å². The summed E-state index contributed by atoms with van der Waals surface area (Å²) in [4.78, 5) is 21.4. The highest BCUT2D eigenvalue weighted by molar-refractivity contribution is 8.00. The lowest BCUT2D eigenvalue weighted by molar-refractivity contribution is 0.102. The van der Waals surface area contributed by atoms with Crippen LogP contribution in [0.5, 0.6) is 0 Å². The molecule has 0 amide bonds. The number of furan rings is 1. The van der Waals surface area contributed by atoms with Crippen molar-refractivity contribution in [3.8, 4) is 0 Å². The lowest BCUT2D eigenvalue weighted by Crippen LogP contribution is -2.03. The largest absolute Gasteiger partial charge is 0.467 e. The van der Waals surface area contributed by atoms with Crippen LogP contribution in [0.3, 0.4) is 0 Å². The first-order valence-corrected chi connectivity index (χ1v) is 10.2. The number of halogens is 1. The highest BCUT2D eigenvalue weighted by Crippen LogP contribution is 2.32. The maximum absolute atomic E-state index is 12.5. The number of benzene rings is 1. The average molecular weight is 412 g/mol. The average Bonchev–Trinajstić information content (AvgIpc) is 3.30. The summed E-state index contributed by atoms with van der Waals surface area (Å²) in [5.74, 6) is 1.21. The molecule has 28 heavy (non-hydrogen) atoms. The fourth-order valence-corrected chi connectivity index (χ4v) is 4.22. The Bertz CT molecular complexity index is 1130. The number of aryl methyl sites for hydroxylation is 1. The molecule has 142 valence electrons. The van der Waals surface area contributed by atoms with Crippen LogP contribution in [0, 0.1) is 13.8 Å². The van der Waals surface area contributed by atoms with Crippen LogP contribution in [0.1, 0.15) is 27.4 Å². The Hall–Kier alpha value is -2.57. The van der Waals surface area contributed by atoms with Crippen LogP contribution in [0.4, 0.5) is 0 Å². The topological polar surface area (TPSA) is 60.9 Å². The van der Waals surface area contributed by atoms with Crippen LogP contribution >= 0.6 is 23.4 Å². The first-order chi connectivity index (χ1) is 13.5. The van der Waals surface area contributed by atoms with Gasteiger partial charge in [0.1, 0.15) is 22.8 Å². The summed E-state index contributed by atoms with van der Waals surface area (Å²) in [6.45, 7) is 4.73. The summed E-state index contributed by atoms with van der Waals surface area (Å²) in [5, 5.41) is 2.41. The van der Waals surface area contributed by atoms with Gasteiger partial charge in [-0.15, -0.1) is 0 Å². The van der Waals surface area contributed by atoms with Crippen molar-refractivity contribution < 1.29 is 9.21 Å². The minimum atomic E-state index is 0.0397. The van der Waals surface area contributed by atoms with Crippen LogP contribution in [-0.4, -0.2) is 26.1 Å². The molecule has 0 spiro atoms. The van der Waals surface area contributed by atoms with Crippen molar-refractivity contribution in [2.45, 2.75) is 25.4 Å². The number of hydrogen-bond acceptors (Lipinski definition) is 5. The number of carbonyl (C=O) groups excluding carboxylic acids is 1. The lowest BCUT2D eigenvalue weighted by Gasteiger charge is -2.06. The van der Waals surface area contributed by atoms with Gasteiger partial charge in [-0.05, 0) is 55.8 Å². The zero-order chi connectivity index (χ0) is 19.7. The van der Waals surface area contributed by atoms with E-state index in [9.17, 15) is 4.79 Å². The number of aromatic nitrogens is 3. The number of Topliss-reactive ketones (excluding diaryl/α,β-unsaturated/α-hetero) is 1. The van der Waals surface area contributed by atoms with Gasteiger partial charge >= 0.3 is 0 Å². The molecule has 0 aliphatic carbocycles. The number of rotatable bonds is 6. The summed E-state index contributed by atoms with van der Waals surface area (Å²) >= 11 is 7.33. The van der Waals surface area contributed by atoms with Crippen LogP contribution in [0.15, 0.2) is 58.4 Å². The fourth-order valence-electron chi connectivity index (χ4n) is 3.15. The van der Waals surface area contributed by atoms with E-state index in [1.165, 1.54) is 11.8 Å². The Morgan fingerprint density at radius 3 is 2.68 bits per heavy atom. The molecule has 0 radical (unpaired) electrons.